The van der Waals surface area contributed by atoms with E-state index in [1.165, 1.54) is 4.88 Å². The Kier molecular flexibility index (Phi) is 5.70. The molecule has 19 heavy (non-hydrogen) atoms. The van der Waals surface area contributed by atoms with Crippen molar-refractivity contribution in [2.75, 3.05) is 25.5 Å². The molecule has 0 aliphatic rings. The topological polar surface area (TPSA) is 15.3 Å². The van der Waals surface area contributed by atoms with E-state index in [4.69, 9.17) is 11.6 Å². The standard InChI is InChI=1S/C14H16BrClN2S/c1-18(9-12-8-11(15)10-19-12)7-6-17-14-5-3-2-4-13(14)16/h2-5,8,10,17H,6-7,9H2,1H3. The third-order valence-corrected chi connectivity index (χ3v) is 4.74. The Bertz CT molecular complexity index is 530. The molecule has 0 aliphatic heterocycles. The van der Waals surface area contributed by atoms with Gasteiger partial charge in [-0.25, -0.2) is 0 Å². The van der Waals surface area contributed by atoms with E-state index in [-0.39, 0.29) is 0 Å². The summed E-state index contributed by atoms with van der Waals surface area (Å²) < 4.78 is 1.16. The molecule has 2 aromatic rings. The van der Waals surface area contributed by atoms with E-state index in [9.17, 15) is 0 Å². The van der Waals surface area contributed by atoms with Crippen LogP contribution in [-0.4, -0.2) is 25.0 Å². The molecule has 1 aromatic heterocycles. The van der Waals surface area contributed by atoms with Gasteiger partial charge in [-0.15, -0.1) is 11.3 Å². The molecule has 1 heterocycles. The second kappa shape index (κ2) is 7.29. The molecular formula is C14H16BrClN2S. The van der Waals surface area contributed by atoms with E-state index >= 15 is 0 Å². The highest BCUT2D eigenvalue weighted by Gasteiger charge is 2.03. The van der Waals surface area contributed by atoms with Crippen LogP contribution >= 0.6 is 38.9 Å². The van der Waals surface area contributed by atoms with Gasteiger partial charge < -0.3 is 5.32 Å². The maximum Gasteiger partial charge on any atom is 0.0637 e. The number of thiophene rings is 1. The van der Waals surface area contributed by atoms with Crippen LogP contribution in [0.2, 0.25) is 5.02 Å². The van der Waals surface area contributed by atoms with Gasteiger partial charge in [0.2, 0.25) is 0 Å². The highest BCUT2D eigenvalue weighted by Crippen LogP contribution is 2.21. The van der Waals surface area contributed by atoms with Crippen LogP contribution in [0.5, 0.6) is 0 Å². The van der Waals surface area contributed by atoms with Crippen molar-refractivity contribution in [1.82, 2.24) is 4.90 Å². The lowest BCUT2D eigenvalue weighted by atomic mass is 10.3. The molecular weight excluding hydrogens is 344 g/mol. The van der Waals surface area contributed by atoms with E-state index in [1.54, 1.807) is 11.3 Å². The summed E-state index contributed by atoms with van der Waals surface area (Å²) in [5.41, 5.74) is 0.997. The van der Waals surface area contributed by atoms with Crippen molar-refractivity contribution in [3.05, 3.63) is 50.1 Å². The second-order valence-electron chi connectivity index (χ2n) is 4.38. The Hall–Kier alpha value is -0.550. The van der Waals surface area contributed by atoms with Gasteiger partial charge in [0.15, 0.2) is 0 Å². The highest BCUT2D eigenvalue weighted by atomic mass is 79.9. The van der Waals surface area contributed by atoms with Crippen molar-refractivity contribution in [3.63, 3.8) is 0 Å². The van der Waals surface area contributed by atoms with Gasteiger partial charge in [-0.1, -0.05) is 23.7 Å². The maximum absolute atomic E-state index is 6.09. The van der Waals surface area contributed by atoms with E-state index in [0.717, 1.165) is 34.8 Å². The number of anilines is 1. The zero-order chi connectivity index (χ0) is 13.7. The number of para-hydroxylation sites is 1. The van der Waals surface area contributed by atoms with Crippen LogP contribution in [0.15, 0.2) is 40.2 Å². The Labute approximate surface area is 131 Å². The molecule has 0 saturated carbocycles. The monoisotopic (exact) mass is 358 g/mol. The molecule has 102 valence electrons. The molecule has 0 atom stereocenters. The lowest BCUT2D eigenvalue weighted by Gasteiger charge is -2.16. The van der Waals surface area contributed by atoms with Gasteiger partial charge in [-0.05, 0) is 41.2 Å². The summed E-state index contributed by atoms with van der Waals surface area (Å²) in [5, 5.41) is 6.24. The van der Waals surface area contributed by atoms with Crippen molar-refractivity contribution >= 4 is 44.6 Å². The van der Waals surface area contributed by atoms with Crippen molar-refractivity contribution in [3.8, 4) is 0 Å². The zero-order valence-electron chi connectivity index (χ0n) is 10.7. The van der Waals surface area contributed by atoms with E-state index in [0.29, 0.717) is 0 Å². The first-order valence-electron chi connectivity index (χ1n) is 6.05. The van der Waals surface area contributed by atoms with Gasteiger partial charge in [0.05, 0.1) is 10.7 Å². The molecule has 0 saturated heterocycles. The molecule has 0 radical (unpaired) electrons. The molecule has 5 heteroatoms. The summed E-state index contributed by atoms with van der Waals surface area (Å²) in [6.07, 6.45) is 0. The minimum Gasteiger partial charge on any atom is -0.383 e. The third kappa shape index (κ3) is 4.80. The number of likely N-dealkylation sites (N-methyl/N-ethyl adjacent to an activating group) is 1. The van der Waals surface area contributed by atoms with Crippen molar-refractivity contribution in [2.24, 2.45) is 0 Å². The van der Waals surface area contributed by atoms with Gasteiger partial charge in [-0.3, -0.25) is 4.90 Å². The number of hydrogen-bond acceptors (Lipinski definition) is 3. The molecule has 2 nitrogen and oxygen atoms in total. The smallest absolute Gasteiger partial charge is 0.0637 e. The fraction of sp³-hybridized carbons (Fsp3) is 0.286. The molecule has 0 bridgehead atoms. The first kappa shape index (κ1) is 14.9. The van der Waals surface area contributed by atoms with Gasteiger partial charge >= 0.3 is 0 Å². The summed E-state index contributed by atoms with van der Waals surface area (Å²) in [7, 11) is 2.13. The van der Waals surface area contributed by atoms with E-state index in [1.807, 2.05) is 24.3 Å². The molecule has 0 aliphatic carbocycles. The fourth-order valence-corrected chi connectivity index (χ4v) is 3.50. The van der Waals surface area contributed by atoms with E-state index < -0.39 is 0 Å². The Morgan fingerprint density at radius 3 is 2.84 bits per heavy atom. The quantitative estimate of drug-likeness (QED) is 0.803. The number of nitrogens with zero attached hydrogens (tertiary/aromatic N) is 1. The molecule has 1 N–H and O–H groups in total. The lowest BCUT2D eigenvalue weighted by Crippen LogP contribution is -2.24. The minimum absolute atomic E-state index is 0.771. The molecule has 2 rings (SSSR count). The van der Waals surface area contributed by atoms with E-state index in [2.05, 4.69) is 44.6 Å². The third-order valence-electron chi connectivity index (χ3n) is 2.73. The minimum atomic E-state index is 0.771. The van der Waals surface area contributed by atoms with Gasteiger partial charge in [0.25, 0.3) is 0 Å². The number of hydrogen-bond donors (Lipinski definition) is 1. The van der Waals surface area contributed by atoms with Crippen LogP contribution in [0.1, 0.15) is 4.88 Å². The van der Waals surface area contributed by atoms with Crippen LogP contribution in [0.25, 0.3) is 0 Å². The molecule has 1 aromatic carbocycles. The molecule has 0 amide bonds. The first-order chi connectivity index (χ1) is 9.15. The zero-order valence-corrected chi connectivity index (χ0v) is 13.9. The van der Waals surface area contributed by atoms with Crippen molar-refractivity contribution < 1.29 is 0 Å². The number of nitrogens with one attached hydrogen (secondary N) is 1. The summed E-state index contributed by atoms with van der Waals surface area (Å²) >= 11 is 11.4. The number of rotatable bonds is 6. The highest BCUT2D eigenvalue weighted by molar-refractivity contribution is 9.10. The van der Waals surface area contributed by atoms with Crippen LogP contribution < -0.4 is 5.32 Å². The predicted molar refractivity (Wildman–Crippen MR) is 88.3 cm³/mol. The first-order valence-corrected chi connectivity index (χ1v) is 8.10. The fourth-order valence-electron chi connectivity index (χ4n) is 1.77. The lowest BCUT2D eigenvalue weighted by molar-refractivity contribution is 0.343. The number of benzene rings is 1. The SMILES string of the molecule is CN(CCNc1ccccc1Cl)Cc1cc(Br)cs1. The average molecular weight is 360 g/mol. The van der Waals surface area contributed by atoms with Crippen molar-refractivity contribution in [2.45, 2.75) is 6.54 Å². The van der Waals surface area contributed by atoms with Crippen LogP contribution in [0, 0.1) is 0 Å². The Morgan fingerprint density at radius 2 is 2.16 bits per heavy atom. The van der Waals surface area contributed by atoms with Crippen LogP contribution in [0.3, 0.4) is 0 Å². The Balaban J connectivity index is 1.75. The van der Waals surface area contributed by atoms with Crippen LogP contribution in [0.4, 0.5) is 5.69 Å². The van der Waals surface area contributed by atoms with Gasteiger partial charge in [0.1, 0.15) is 0 Å². The van der Waals surface area contributed by atoms with Gasteiger partial charge in [0, 0.05) is 34.4 Å². The average Bonchev–Trinajstić information content (AvgIpc) is 2.77. The normalized spacial score (nSPS) is 10.9. The largest absolute Gasteiger partial charge is 0.383 e. The summed E-state index contributed by atoms with van der Waals surface area (Å²) in [5.74, 6) is 0. The summed E-state index contributed by atoms with van der Waals surface area (Å²) in [6.45, 7) is 2.83. The summed E-state index contributed by atoms with van der Waals surface area (Å²) in [4.78, 5) is 3.66. The number of halogens is 2. The summed E-state index contributed by atoms with van der Waals surface area (Å²) in [6, 6.07) is 9.99. The second-order valence-corrected chi connectivity index (χ2v) is 6.69. The molecule has 0 unspecified atom stereocenters. The molecule has 0 fully saturated rings. The molecule has 0 spiro atoms. The Morgan fingerprint density at radius 1 is 1.37 bits per heavy atom. The predicted octanol–water partition coefficient (Wildman–Crippen LogP) is 4.71. The van der Waals surface area contributed by atoms with Gasteiger partial charge in [-0.2, -0.15) is 0 Å². The van der Waals surface area contributed by atoms with Crippen molar-refractivity contribution in [1.29, 1.82) is 0 Å². The van der Waals surface area contributed by atoms with Crippen LogP contribution in [-0.2, 0) is 6.54 Å². The maximum atomic E-state index is 6.09.